The minimum absolute atomic E-state index is 0.0718. The molecule has 25 heavy (non-hydrogen) atoms. The Kier molecular flexibility index (Phi) is 6.33. The number of aliphatic carboxylic acids is 1. The van der Waals surface area contributed by atoms with Crippen molar-refractivity contribution in [2.75, 3.05) is 10.6 Å². The van der Waals surface area contributed by atoms with E-state index in [1.165, 1.54) is 0 Å². The Morgan fingerprint density at radius 1 is 1.08 bits per heavy atom. The molecule has 1 aromatic rings. The molecule has 0 aliphatic heterocycles. The molecule has 1 aromatic carbocycles. The molecule has 134 valence electrons. The van der Waals surface area contributed by atoms with Crippen LogP contribution in [0.3, 0.4) is 0 Å². The van der Waals surface area contributed by atoms with Crippen LogP contribution in [0.4, 0.5) is 11.4 Å². The van der Waals surface area contributed by atoms with E-state index in [4.69, 9.17) is 0 Å². The first-order valence-corrected chi connectivity index (χ1v) is 8.52. The molecule has 0 radical (unpaired) electrons. The fourth-order valence-electron chi connectivity index (χ4n) is 2.95. The van der Waals surface area contributed by atoms with Crippen molar-refractivity contribution < 1.29 is 19.5 Å². The number of hydrogen-bond acceptors (Lipinski definition) is 3. The van der Waals surface area contributed by atoms with Crippen LogP contribution in [0, 0.1) is 18.8 Å². The number of carbonyl (C=O) groups is 3. The zero-order valence-corrected chi connectivity index (χ0v) is 14.5. The van der Waals surface area contributed by atoms with Gasteiger partial charge in [-0.1, -0.05) is 25.1 Å². The van der Waals surface area contributed by atoms with Crippen LogP contribution in [0.2, 0.25) is 0 Å². The molecule has 6 heteroatoms. The molecule has 2 atom stereocenters. The summed E-state index contributed by atoms with van der Waals surface area (Å²) in [5, 5.41) is 15.0. The quantitative estimate of drug-likeness (QED) is 0.690. The van der Waals surface area contributed by atoms with Crippen molar-refractivity contribution in [1.82, 2.24) is 0 Å². The molecule has 1 aliphatic carbocycles. The van der Waals surface area contributed by atoms with Crippen molar-refractivity contribution in [3.63, 3.8) is 0 Å². The second-order valence-corrected chi connectivity index (χ2v) is 6.26. The van der Waals surface area contributed by atoms with E-state index in [1.807, 2.05) is 19.9 Å². The first-order valence-electron chi connectivity index (χ1n) is 8.52. The Bertz CT molecular complexity index is 697. The average molecular weight is 344 g/mol. The van der Waals surface area contributed by atoms with Crippen LogP contribution in [0.1, 0.15) is 38.2 Å². The van der Waals surface area contributed by atoms with Crippen LogP contribution in [0.25, 0.3) is 0 Å². The maximum Gasteiger partial charge on any atom is 0.307 e. The molecule has 0 spiro atoms. The summed E-state index contributed by atoms with van der Waals surface area (Å²) in [6.45, 7) is 3.74. The summed E-state index contributed by atoms with van der Waals surface area (Å²) < 4.78 is 0. The minimum Gasteiger partial charge on any atom is -0.481 e. The van der Waals surface area contributed by atoms with Gasteiger partial charge in [-0.3, -0.25) is 14.4 Å². The largest absolute Gasteiger partial charge is 0.481 e. The van der Waals surface area contributed by atoms with Gasteiger partial charge < -0.3 is 15.7 Å². The fraction of sp³-hybridized carbons (Fsp3) is 0.421. The van der Waals surface area contributed by atoms with Crippen LogP contribution in [-0.2, 0) is 14.4 Å². The van der Waals surface area contributed by atoms with Gasteiger partial charge in [0.15, 0.2) is 0 Å². The second-order valence-electron chi connectivity index (χ2n) is 6.26. The first-order chi connectivity index (χ1) is 11.9. The highest BCUT2D eigenvalue weighted by molar-refractivity contribution is 5.98. The third-order valence-electron chi connectivity index (χ3n) is 4.43. The number of amides is 2. The summed E-state index contributed by atoms with van der Waals surface area (Å²) >= 11 is 0. The van der Waals surface area contributed by atoms with E-state index in [0.29, 0.717) is 30.6 Å². The lowest BCUT2D eigenvalue weighted by Gasteiger charge is -2.24. The van der Waals surface area contributed by atoms with Gasteiger partial charge in [-0.25, -0.2) is 0 Å². The molecule has 0 bridgehead atoms. The lowest BCUT2D eigenvalue weighted by Crippen LogP contribution is -2.34. The summed E-state index contributed by atoms with van der Waals surface area (Å²) in [7, 11) is 0. The van der Waals surface area contributed by atoms with Crippen LogP contribution >= 0.6 is 0 Å². The number of carboxylic acid groups (broad SMARTS) is 1. The lowest BCUT2D eigenvalue weighted by atomic mass is 9.82. The summed E-state index contributed by atoms with van der Waals surface area (Å²) in [5.74, 6) is -2.64. The van der Waals surface area contributed by atoms with Gasteiger partial charge in [0.25, 0.3) is 0 Å². The standard InChI is InChI=1S/C19H24N2O4/c1-3-7-17(22)20-15-10-6-11-16(12(15)2)21-18(23)13-8-4-5-9-14(13)19(24)25/h4-6,10-11,13-14H,3,7-9H2,1-2H3,(H,20,22)(H,21,23)(H,24,25)/t13-,14+/m1/s1. The van der Waals surface area contributed by atoms with Crippen molar-refractivity contribution in [1.29, 1.82) is 0 Å². The molecule has 0 saturated heterocycles. The van der Waals surface area contributed by atoms with Gasteiger partial charge in [0.2, 0.25) is 11.8 Å². The molecular formula is C19H24N2O4. The summed E-state index contributed by atoms with van der Waals surface area (Å²) in [5.41, 5.74) is 1.98. The SMILES string of the molecule is CCCC(=O)Nc1cccc(NC(=O)[C@@H]2CC=CC[C@@H]2C(=O)O)c1C. The predicted octanol–water partition coefficient (Wildman–Crippen LogP) is 3.34. The van der Waals surface area contributed by atoms with Gasteiger partial charge in [-0.2, -0.15) is 0 Å². The van der Waals surface area contributed by atoms with Gasteiger partial charge in [0.1, 0.15) is 0 Å². The van der Waals surface area contributed by atoms with E-state index in [2.05, 4.69) is 10.6 Å². The highest BCUT2D eigenvalue weighted by Gasteiger charge is 2.34. The van der Waals surface area contributed by atoms with E-state index in [1.54, 1.807) is 24.3 Å². The van der Waals surface area contributed by atoms with Gasteiger partial charge >= 0.3 is 5.97 Å². The first kappa shape index (κ1) is 18.7. The molecule has 0 fully saturated rings. The molecule has 2 rings (SSSR count). The predicted molar refractivity (Wildman–Crippen MR) is 96.3 cm³/mol. The van der Waals surface area contributed by atoms with E-state index in [9.17, 15) is 19.5 Å². The molecule has 2 amide bonds. The number of carboxylic acids is 1. The summed E-state index contributed by atoms with van der Waals surface area (Å²) in [6.07, 6.45) is 5.61. The molecule has 0 unspecified atom stereocenters. The molecule has 1 aliphatic rings. The minimum atomic E-state index is -0.957. The Morgan fingerprint density at radius 2 is 1.68 bits per heavy atom. The maximum absolute atomic E-state index is 12.6. The van der Waals surface area contributed by atoms with Crippen LogP contribution in [0.5, 0.6) is 0 Å². The molecule has 0 aromatic heterocycles. The van der Waals surface area contributed by atoms with Gasteiger partial charge in [0, 0.05) is 17.8 Å². The summed E-state index contributed by atoms with van der Waals surface area (Å²) in [6, 6.07) is 5.28. The van der Waals surface area contributed by atoms with Crippen LogP contribution in [-0.4, -0.2) is 22.9 Å². The van der Waals surface area contributed by atoms with Crippen molar-refractivity contribution >= 4 is 29.2 Å². The number of nitrogens with one attached hydrogen (secondary N) is 2. The molecule has 0 saturated carbocycles. The number of allylic oxidation sites excluding steroid dienone is 2. The molecule has 3 N–H and O–H groups in total. The van der Waals surface area contributed by atoms with Crippen LogP contribution < -0.4 is 10.6 Å². The van der Waals surface area contributed by atoms with Gasteiger partial charge in [0.05, 0.1) is 11.8 Å². The zero-order valence-electron chi connectivity index (χ0n) is 14.5. The normalized spacial score (nSPS) is 19.3. The zero-order chi connectivity index (χ0) is 18.4. The average Bonchev–Trinajstić information content (AvgIpc) is 2.58. The Hall–Kier alpha value is -2.63. The van der Waals surface area contributed by atoms with Crippen molar-refractivity contribution in [3.05, 3.63) is 35.9 Å². The molecular weight excluding hydrogens is 320 g/mol. The van der Waals surface area contributed by atoms with E-state index < -0.39 is 17.8 Å². The van der Waals surface area contributed by atoms with E-state index in [-0.39, 0.29) is 11.8 Å². The van der Waals surface area contributed by atoms with Crippen molar-refractivity contribution in [3.8, 4) is 0 Å². The monoisotopic (exact) mass is 344 g/mol. The number of hydrogen-bond donors (Lipinski definition) is 3. The third-order valence-corrected chi connectivity index (χ3v) is 4.43. The van der Waals surface area contributed by atoms with Gasteiger partial charge in [-0.15, -0.1) is 0 Å². The van der Waals surface area contributed by atoms with Crippen molar-refractivity contribution in [2.45, 2.75) is 39.5 Å². The topological polar surface area (TPSA) is 95.5 Å². The number of anilines is 2. The Morgan fingerprint density at radius 3 is 2.28 bits per heavy atom. The molecule has 6 nitrogen and oxygen atoms in total. The highest BCUT2D eigenvalue weighted by atomic mass is 16.4. The smallest absolute Gasteiger partial charge is 0.307 e. The van der Waals surface area contributed by atoms with E-state index in [0.717, 1.165) is 12.0 Å². The number of benzene rings is 1. The Balaban J connectivity index is 2.14. The highest BCUT2D eigenvalue weighted by Crippen LogP contribution is 2.29. The van der Waals surface area contributed by atoms with Crippen molar-refractivity contribution in [2.24, 2.45) is 11.8 Å². The Labute approximate surface area is 147 Å². The second kappa shape index (κ2) is 8.46. The maximum atomic E-state index is 12.6. The third kappa shape index (κ3) is 4.68. The van der Waals surface area contributed by atoms with E-state index >= 15 is 0 Å². The molecule has 0 heterocycles. The number of carbonyl (C=O) groups excluding carboxylic acids is 2. The van der Waals surface area contributed by atoms with Crippen LogP contribution in [0.15, 0.2) is 30.4 Å². The number of rotatable bonds is 6. The van der Waals surface area contributed by atoms with Gasteiger partial charge in [-0.05, 0) is 43.9 Å². The lowest BCUT2D eigenvalue weighted by molar-refractivity contribution is -0.146. The fourth-order valence-corrected chi connectivity index (χ4v) is 2.95. The summed E-state index contributed by atoms with van der Waals surface area (Å²) in [4.78, 5) is 35.7.